The van der Waals surface area contributed by atoms with Crippen molar-refractivity contribution in [1.29, 1.82) is 0 Å². The van der Waals surface area contributed by atoms with Crippen molar-refractivity contribution in [3.8, 4) is 0 Å². The Morgan fingerprint density at radius 3 is 2.38 bits per heavy atom. The summed E-state index contributed by atoms with van der Waals surface area (Å²) in [6, 6.07) is 2.62. The van der Waals surface area contributed by atoms with Crippen LogP contribution in [0, 0.1) is 23.5 Å². The molecule has 2 N–H and O–H groups in total. The van der Waals surface area contributed by atoms with Gasteiger partial charge in [0.25, 0.3) is 0 Å². The van der Waals surface area contributed by atoms with E-state index in [0.29, 0.717) is 0 Å². The molecule has 1 aliphatic rings. The molecule has 1 saturated heterocycles. The normalized spacial score (nSPS) is 21.7. The Labute approximate surface area is 133 Å². The molecule has 0 radical (unpaired) electrons. The molecule has 1 aromatic carbocycles. The van der Waals surface area contributed by atoms with E-state index in [1.165, 1.54) is 0 Å². The van der Waals surface area contributed by atoms with E-state index in [1.807, 2.05) is 0 Å². The van der Waals surface area contributed by atoms with Gasteiger partial charge in [-0.15, -0.1) is 0 Å². The highest BCUT2D eigenvalue weighted by atomic mass is 19.4. The standard InChI is InChI=1S/C14H13F5N2O3/c15-10-2-1-7(3-11(10)16)20-12(22)6-21-4-8(13(23)24)9(5-21)14(17,18)19/h1-3,8-9H,4-6H2,(H,20,22)(H,23,24)/t8-,9-/m1/s1. The minimum Gasteiger partial charge on any atom is -0.481 e. The van der Waals surface area contributed by atoms with E-state index in [4.69, 9.17) is 5.11 Å². The molecule has 2 atom stereocenters. The minimum atomic E-state index is -4.69. The number of nitrogens with zero attached hydrogens (tertiary/aromatic N) is 1. The maximum absolute atomic E-state index is 13.0. The van der Waals surface area contributed by atoms with Crippen LogP contribution < -0.4 is 5.32 Å². The number of hydrogen-bond donors (Lipinski definition) is 2. The van der Waals surface area contributed by atoms with E-state index in [-0.39, 0.29) is 5.69 Å². The number of carbonyl (C=O) groups is 2. The Morgan fingerprint density at radius 1 is 1.21 bits per heavy atom. The van der Waals surface area contributed by atoms with Crippen LogP contribution in [0.4, 0.5) is 27.6 Å². The van der Waals surface area contributed by atoms with Gasteiger partial charge in [0.05, 0.1) is 18.4 Å². The lowest BCUT2D eigenvalue weighted by Gasteiger charge is -2.18. The van der Waals surface area contributed by atoms with E-state index in [2.05, 4.69) is 5.32 Å². The Morgan fingerprint density at radius 2 is 1.88 bits per heavy atom. The number of likely N-dealkylation sites (tertiary alicyclic amines) is 1. The highest BCUT2D eigenvalue weighted by Crippen LogP contribution is 2.37. The third-order valence-electron chi connectivity index (χ3n) is 3.70. The van der Waals surface area contributed by atoms with Gasteiger partial charge in [-0.2, -0.15) is 13.2 Å². The molecule has 0 unspecified atom stereocenters. The van der Waals surface area contributed by atoms with Crippen molar-refractivity contribution in [3.63, 3.8) is 0 Å². The van der Waals surface area contributed by atoms with E-state index in [0.717, 1.165) is 23.1 Å². The van der Waals surface area contributed by atoms with Crippen molar-refractivity contribution >= 4 is 17.6 Å². The van der Waals surface area contributed by atoms with Crippen LogP contribution in [-0.2, 0) is 9.59 Å². The number of rotatable bonds is 4. The number of amides is 1. The van der Waals surface area contributed by atoms with Gasteiger partial charge in [0, 0.05) is 24.8 Å². The lowest BCUT2D eigenvalue weighted by molar-refractivity contribution is -0.188. The van der Waals surface area contributed by atoms with Crippen molar-refractivity contribution in [1.82, 2.24) is 4.90 Å². The third kappa shape index (κ3) is 4.19. The molecule has 0 bridgehead atoms. The van der Waals surface area contributed by atoms with E-state index >= 15 is 0 Å². The Bertz CT molecular complexity index is 650. The largest absolute Gasteiger partial charge is 0.481 e. The predicted octanol–water partition coefficient (Wildman–Crippen LogP) is 2.10. The monoisotopic (exact) mass is 352 g/mol. The highest BCUT2D eigenvalue weighted by Gasteiger charge is 2.52. The number of aliphatic carboxylic acids is 1. The van der Waals surface area contributed by atoms with Gasteiger partial charge in [-0.25, -0.2) is 8.78 Å². The molecule has 1 aliphatic heterocycles. The van der Waals surface area contributed by atoms with Crippen LogP contribution in [0.15, 0.2) is 18.2 Å². The number of benzene rings is 1. The molecule has 2 rings (SSSR count). The molecule has 0 saturated carbocycles. The molecule has 1 amide bonds. The summed E-state index contributed by atoms with van der Waals surface area (Å²) < 4.78 is 64.3. The molecule has 132 valence electrons. The molecule has 10 heteroatoms. The fraction of sp³-hybridized carbons (Fsp3) is 0.429. The van der Waals surface area contributed by atoms with E-state index < -0.39 is 61.2 Å². The Hall–Kier alpha value is -2.23. The molecular weight excluding hydrogens is 339 g/mol. The smallest absolute Gasteiger partial charge is 0.393 e. The maximum atomic E-state index is 13.0. The highest BCUT2D eigenvalue weighted by molar-refractivity contribution is 5.92. The predicted molar refractivity (Wildman–Crippen MR) is 72.1 cm³/mol. The molecule has 1 heterocycles. The number of carboxylic acid groups (broad SMARTS) is 1. The maximum Gasteiger partial charge on any atom is 0.393 e. The van der Waals surface area contributed by atoms with Crippen molar-refractivity contribution in [2.45, 2.75) is 6.18 Å². The van der Waals surface area contributed by atoms with Gasteiger partial charge in [-0.05, 0) is 12.1 Å². The molecule has 1 fully saturated rings. The van der Waals surface area contributed by atoms with Gasteiger partial charge in [0.2, 0.25) is 5.91 Å². The summed E-state index contributed by atoms with van der Waals surface area (Å²) in [7, 11) is 0. The summed E-state index contributed by atoms with van der Waals surface area (Å²) in [5.41, 5.74) is -0.0553. The van der Waals surface area contributed by atoms with Gasteiger partial charge < -0.3 is 10.4 Å². The summed E-state index contributed by atoms with van der Waals surface area (Å²) in [6.07, 6.45) is -4.69. The molecule has 1 aromatic rings. The summed E-state index contributed by atoms with van der Waals surface area (Å²) >= 11 is 0. The van der Waals surface area contributed by atoms with Crippen LogP contribution in [0.1, 0.15) is 0 Å². The molecule has 0 spiro atoms. The topological polar surface area (TPSA) is 69.6 Å². The summed E-state index contributed by atoms with van der Waals surface area (Å²) in [6.45, 7) is -1.54. The fourth-order valence-corrected chi connectivity index (χ4v) is 2.57. The quantitative estimate of drug-likeness (QED) is 0.815. The molecule has 5 nitrogen and oxygen atoms in total. The van der Waals surface area contributed by atoms with Crippen LogP contribution >= 0.6 is 0 Å². The fourth-order valence-electron chi connectivity index (χ4n) is 2.57. The van der Waals surface area contributed by atoms with Crippen LogP contribution in [0.25, 0.3) is 0 Å². The molecule has 0 aliphatic carbocycles. The van der Waals surface area contributed by atoms with Crippen LogP contribution in [0.3, 0.4) is 0 Å². The average Bonchev–Trinajstić information content (AvgIpc) is 2.87. The lowest BCUT2D eigenvalue weighted by Crippen LogP contribution is -2.34. The molecule has 24 heavy (non-hydrogen) atoms. The number of halogens is 5. The Balaban J connectivity index is 1.99. The first kappa shape index (κ1) is 18.1. The minimum absolute atomic E-state index is 0.0553. The lowest BCUT2D eigenvalue weighted by atomic mass is 9.96. The second-order valence-corrected chi connectivity index (χ2v) is 5.46. The second kappa shape index (κ2) is 6.71. The van der Waals surface area contributed by atoms with Crippen molar-refractivity contribution in [3.05, 3.63) is 29.8 Å². The first-order chi connectivity index (χ1) is 11.1. The Kier molecular flexibility index (Phi) is 5.07. The SMILES string of the molecule is O=C(CN1C[C@@H](C(F)(F)F)[C@H](C(=O)O)C1)Nc1ccc(F)c(F)c1. The van der Waals surface area contributed by atoms with E-state index in [1.54, 1.807) is 0 Å². The van der Waals surface area contributed by atoms with Gasteiger partial charge in [0.15, 0.2) is 11.6 Å². The van der Waals surface area contributed by atoms with Gasteiger partial charge >= 0.3 is 12.1 Å². The average molecular weight is 352 g/mol. The first-order valence-electron chi connectivity index (χ1n) is 6.84. The first-order valence-corrected chi connectivity index (χ1v) is 6.84. The van der Waals surface area contributed by atoms with Crippen LogP contribution in [0.2, 0.25) is 0 Å². The number of alkyl halides is 3. The third-order valence-corrected chi connectivity index (χ3v) is 3.70. The summed E-state index contributed by atoms with van der Waals surface area (Å²) in [5, 5.41) is 11.1. The second-order valence-electron chi connectivity index (χ2n) is 5.46. The van der Waals surface area contributed by atoms with Gasteiger partial charge in [-0.1, -0.05) is 0 Å². The zero-order valence-corrected chi connectivity index (χ0v) is 12.1. The zero-order valence-electron chi connectivity index (χ0n) is 12.1. The number of carboxylic acids is 1. The molecular formula is C14H13F5N2O3. The van der Waals surface area contributed by atoms with Crippen molar-refractivity contribution in [2.24, 2.45) is 11.8 Å². The van der Waals surface area contributed by atoms with Crippen molar-refractivity contribution < 1.29 is 36.6 Å². The van der Waals surface area contributed by atoms with Gasteiger partial charge in [-0.3, -0.25) is 14.5 Å². The number of hydrogen-bond acceptors (Lipinski definition) is 3. The van der Waals surface area contributed by atoms with Crippen LogP contribution in [-0.4, -0.2) is 47.7 Å². The summed E-state index contributed by atoms with van der Waals surface area (Å²) in [4.78, 5) is 23.8. The molecule has 0 aromatic heterocycles. The number of carbonyl (C=O) groups excluding carboxylic acids is 1. The van der Waals surface area contributed by atoms with E-state index in [9.17, 15) is 31.5 Å². The number of nitrogens with one attached hydrogen (secondary N) is 1. The van der Waals surface area contributed by atoms with Gasteiger partial charge in [0.1, 0.15) is 0 Å². The van der Waals surface area contributed by atoms with Crippen molar-refractivity contribution in [2.75, 3.05) is 25.0 Å². The zero-order chi connectivity index (χ0) is 18.1. The van der Waals surface area contributed by atoms with Crippen LogP contribution in [0.5, 0.6) is 0 Å². The summed E-state index contributed by atoms with van der Waals surface area (Å²) in [5.74, 6) is -8.34. The number of anilines is 1.